The van der Waals surface area contributed by atoms with Crippen LogP contribution >= 0.6 is 0 Å². The van der Waals surface area contributed by atoms with Gasteiger partial charge in [-0.1, -0.05) is 13.8 Å². The van der Waals surface area contributed by atoms with E-state index >= 15 is 0 Å². The Balaban J connectivity index is 2.03. The first-order valence-electron chi connectivity index (χ1n) is 7.16. The van der Waals surface area contributed by atoms with Crippen LogP contribution in [0.25, 0.3) is 0 Å². The second-order valence-corrected chi connectivity index (χ2v) is 6.36. The van der Waals surface area contributed by atoms with Crippen molar-refractivity contribution >= 4 is 5.97 Å². The maximum Gasteiger partial charge on any atom is 0.323 e. The van der Waals surface area contributed by atoms with Crippen LogP contribution < -0.4 is 5.32 Å². The van der Waals surface area contributed by atoms with E-state index in [1.807, 2.05) is 0 Å². The summed E-state index contributed by atoms with van der Waals surface area (Å²) in [6.45, 7) is 5.59. The molecule has 2 fully saturated rings. The van der Waals surface area contributed by atoms with Crippen LogP contribution in [0.3, 0.4) is 0 Å². The smallest absolute Gasteiger partial charge is 0.323 e. The summed E-state index contributed by atoms with van der Waals surface area (Å²) in [4.78, 5) is 14.0. The number of hydrogen-bond acceptors (Lipinski definition) is 3. The van der Waals surface area contributed by atoms with Gasteiger partial charge in [0.1, 0.15) is 5.54 Å². The van der Waals surface area contributed by atoms with E-state index in [1.165, 1.54) is 12.8 Å². The summed E-state index contributed by atoms with van der Waals surface area (Å²) in [5, 5.41) is 12.5. The summed E-state index contributed by atoms with van der Waals surface area (Å²) in [6, 6.07) is 1.17. The first-order chi connectivity index (χ1) is 8.48. The Bertz CT molecular complexity index is 315. The minimum atomic E-state index is -0.687. The Morgan fingerprint density at radius 2 is 2.06 bits per heavy atom. The SMILES string of the molecule is CNC1(C(=O)O)CCC(N(CC(C)C)C2CC2)C1. The highest BCUT2D eigenvalue weighted by Gasteiger charge is 2.48. The normalized spacial score (nSPS) is 32.4. The minimum Gasteiger partial charge on any atom is -0.480 e. The quantitative estimate of drug-likeness (QED) is 0.757. The molecule has 2 unspecified atom stereocenters. The van der Waals surface area contributed by atoms with Crippen molar-refractivity contribution in [3.05, 3.63) is 0 Å². The lowest BCUT2D eigenvalue weighted by Gasteiger charge is -2.32. The molecule has 2 N–H and O–H groups in total. The van der Waals surface area contributed by atoms with Gasteiger partial charge in [0.05, 0.1) is 0 Å². The van der Waals surface area contributed by atoms with E-state index in [4.69, 9.17) is 0 Å². The summed E-state index contributed by atoms with van der Waals surface area (Å²) in [5.74, 6) is -0.0344. The Hall–Kier alpha value is -0.610. The summed E-state index contributed by atoms with van der Waals surface area (Å²) in [7, 11) is 1.78. The second kappa shape index (κ2) is 5.17. The van der Waals surface area contributed by atoms with Crippen molar-refractivity contribution in [2.24, 2.45) is 5.92 Å². The lowest BCUT2D eigenvalue weighted by molar-refractivity contribution is -0.144. The maximum atomic E-state index is 11.4. The lowest BCUT2D eigenvalue weighted by atomic mass is 9.97. The number of carbonyl (C=O) groups is 1. The van der Waals surface area contributed by atoms with Gasteiger partial charge in [-0.05, 0) is 45.1 Å². The summed E-state index contributed by atoms with van der Waals surface area (Å²) in [6.07, 6.45) is 5.11. The number of hydrogen-bond donors (Lipinski definition) is 2. The van der Waals surface area contributed by atoms with E-state index in [0.717, 1.165) is 31.8 Å². The molecule has 0 heterocycles. The molecule has 0 aliphatic heterocycles. The van der Waals surface area contributed by atoms with Crippen LogP contribution in [0.4, 0.5) is 0 Å². The van der Waals surface area contributed by atoms with Gasteiger partial charge in [0.15, 0.2) is 0 Å². The molecule has 2 aliphatic carbocycles. The standard InChI is InChI=1S/C14H26N2O2/c1-10(2)9-16(11-4-5-11)12-6-7-14(8-12,15-3)13(17)18/h10-12,15H,4-9H2,1-3H3,(H,17,18). The third-order valence-corrected chi connectivity index (χ3v) is 4.44. The molecule has 18 heavy (non-hydrogen) atoms. The third kappa shape index (κ3) is 2.69. The van der Waals surface area contributed by atoms with Crippen LogP contribution in [-0.4, -0.2) is 47.2 Å². The van der Waals surface area contributed by atoms with Crippen molar-refractivity contribution in [3.8, 4) is 0 Å². The first kappa shape index (κ1) is 13.8. The van der Waals surface area contributed by atoms with Crippen LogP contribution in [0.5, 0.6) is 0 Å². The van der Waals surface area contributed by atoms with Gasteiger partial charge < -0.3 is 10.4 Å². The van der Waals surface area contributed by atoms with Gasteiger partial charge in [0, 0.05) is 18.6 Å². The highest BCUT2D eigenvalue weighted by atomic mass is 16.4. The molecule has 0 radical (unpaired) electrons. The Kier molecular flexibility index (Phi) is 3.97. The fourth-order valence-corrected chi connectivity index (χ4v) is 3.25. The van der Waals surface area contributed by atoms with Gasteiger partial charge in [-0.3, -0.25) is 9.69 Å². The number of nitrogens with one attached hydrogen (secondary N) is 1. The molecule has 2 aliphatic rings. The molecule has 0 amide bonds. The van der Waals surface area contributed by atoms with E-state index in [9.17, 15) is 9.90 Å². The molecular formula is C14H26N2O2. The number of nitrogens with zero attached hydrogens (tertiary/aromatic N) is 1. The van der Waals surface area contributed by atoms with E-state index in [1.54, 1.807) is 7.05 Å². The van der Waals surface area contributed by atoms with Crippen molar-refractivity contribution < 1.29 is 9.90 Å². The van der Waals surface area contributed by atoms with Gasteiger partial charge in [-0.15, -0.1) is 0 Å². The molecule has 2 atom stereocenters. The van der Waals surface area contributed by atoms with Crippen LogP contribution in [0.15, 0.2) is 0 Å². The van der Waals surface area contributed by atoms with Crippen molar-refractivity contribution in [1.29, 1.82) is 0 Å². The number of likely N-dealkylation sites (N-methyl/N-ethyl adjacent to an activating group) is 1. The maximum absolute atomic E-state index is 11.4. The zero-order valence-electron chi connectivity index (χ0n) is 11.8. The fourth-order valence-electron chi connectivity index (χ4n) is 3.25. The molecule has 4 heteroatoms. The summed E-state index contributed by atoms with van der Waals surface area (Å²) in [5.41, 5.74) is -0.686. The van der Waals surface area contributed by atoms with Crippen molar-refractivity contribution in [3.63, 3.8) is 0 Å². The minimum absolute atomic E-state index is 0.448. The lowest BCUT2D eigenvalue weighted by Crippen LogP contribution is -2.50. The monoisotopic (exact) mass is 254 g/mol. The molecule has 0 aromatic rings. The van der Waals surface area contributed by atoms with Gasteiger partial charge in [-0.25, -0.2) is 0 Å². The third-order valence-electron chi connectivity index (χ3n) is 4.44. The number of aliphatic carboxylic acids is 1. The second-order valence-electron chi connectivity index (χ2n) is 6.36. The molecule has 0 bridgehead atoms. The van der Waals surface area contributed by atoms with Crippen LogP contribution in [0.2, 0.25) is 0 Å². The van der Waals surface area contributed by atoms with E-state index in [2.05, 4.69) is 24.1 Å². The van der Waals surface area contributed by atoms with Crippen LogP contribution in [0.1, 0.15) is 46.0 Å². The van der Waals surface area contributed by atoms with Gasteiger partial charge >= 0.3 is 5.97 Å². The molecule has 0 spiro atoms. The molecule has 0 aromatic carbocycles. The van der Waals surface area contributed by atoms with E-state index < -0.39 is 11.5 Å². The Morgan fingerprint density at radius 3 is 2.44 bits per heavy atom. The average molecular weight is 254 g/mol. The highest BCUT2D eigenvalue weighted by molar-refractivity contribution is 5.79. The first-order valence-corrected chi connectivity index (χ1v) is 7.16. The summed E-state index contributed by atoms with van der Waals surface area (Å²) >= 11 is 0. The van der Waals surface area contributed by atoms with Crippen LogP contribution in [0, 0.1) is 5.92 Å². The predicted molar refractivity (Wildman–Crippen MR) is 71.6 cm³/mol. The molecule has 4 nitrogen and oxygen atoms in total. The molecule has 104 valence electrons. The van der Waals surface area contributed by atoms with Gasteiger partial charge in [-0.2, -0.15) is 0 Å². The average Bonchev–Trinajstić information content (AvgIpc) is 3.04. The largest absolute Gasteiger partial charge is 0.480 e. The molecule has 2 rings (SSSR count). The number of carboxylic acids is 1. The Morgan fingerprint density at radius 1 is 1.39 bits per heavy atom. The topological polar surface area (TPSA) is 52.6 Å². The van der Waals surface area contributed by atoms with E-state index in [-0.39, 0.29) is 0 Å². The predicted octanol–water partition coefficient (Wildman–Crippen LogP) is 1.70. The van der Waals surface area contributed by atoms with Gasteiger partial charge in [0.25, 0.3) is 0 Å². The Labute approximate surface area is 110 Å². The fraction of sp³-hybridized carbons (Fsp3) is 0.929. The molecule has 0 aromatic heterocycles. The summed E-state index contributed by atoms with van der Waals surface area (Å²) < 4.78 is 0. The highest BCUT2D eigenvalue weighted by Crippen LogP contribution is 2.39. The number of carboxylic acid groups (broad SMARTS) is 1. The van der Waals surface area contributed by atoms with Crippen molar-refractivity contribution in [2.45, 2.75) is 63.6 Å². The van der Waals surface area contributed by atoms with Crippen molar-refractivity contribution in [1.82, 2.24) is 10.2 Å². The number of rotatable bonds is 6. The molecule has 2 saturated carbocycles. The molecule has 0 saturated heterocycles. The van der Waals surface area contributed by atoms with Crippen LogP contribution in [-0.2, 0) is 4.79 Å². The zero-order chi connectivity index (χ0) is 13.3. The molecular weight excluding hydrogens is 228 g/mol. The van der Waals surface area contributed by atoms with E-state index in [0.29, 0.717) is 12.0 Å². The van der Waals surface area contributed by atoms with Crippen molar-refractivity contribution in [2.75, 3.05) is 13.6 Å². The zero-order valence-corrected chi connectivity index (χ0v) is 11.8. The van der Waals surface area contributed by atoms with Gasteiger partial charge in [0.2, 0.25) is 0 Å².